The zero-order valence-corrected chi connectivity index (χ0v) is 18.8. The van der Waals surface area contributed by atoms with Crippen LogP contribution in [-0.2, 0) is 11.2 Å². The van der Waals surface area contributed by atoms with Gasteiger partial charge in [0.2, 0.25) is 0 Å². The molecular formula is C24H22N4O3S. The van der Waals surface area contributed by atoms with E-state index in [1.165, 1.54) is 29.5 Å². The summed E-state index contributed by atoms with van der Waals surface area (Å²) < 4.78 is 2.01. The number of hydrogen-bond donors (Lipinski definition) is 1. The summed E-state index contributed by atoms with van der Waals surface area (Å²) in [5.41, 5.74) is 5.73. The Morgan fingerprint density at radius 1 is 1.12 bits per heavy atom. The van der Waals surface area contributed by atoms with Gasteiger partial charge < -0.3 is 9.88 Å². The lowest BCUT2D eigenvalue weighted by Crippen LogP contribution is -2.19. The summed E-state index contributed by atoms with van der Waals surface area (Å²) in [6.45, 7) is 6.03. The lowest BCUT2D eigenvalue weighted by molar-refractivity contribution is -0.384. The lowest BCUT2D eigenvalue weighted by Gasteiger charge is -2.09. The van der Waals surface area contributed by atoms with Crippen LogP contribution in [0, 0.1) is 24.0 Å². The van der Waals surface area contributed by atoms with Crippen LogP contribution in [0.3, 0.4) is 0 Å². The molecule has 1 saturated heterocycles. The molecule has 0 saturated carbocycles. The highest BCUT2D eigenvalue weighted by Gasteiger charge is 2.24. The molecule has 8 heteroatoms. The van der Waals surface area contributed by atoms with Gasteiger partial charge in [-0.05, 0) is 79.6 Å². The zero-order valence-electron chi connectivity index (χ0n) is 18.0. The summed E-state index contributed by atoms with van der Waals surface area (Å²) in [7, 11) is 0. The second-order valence-electron chi connectivity index (χ2n) is 7.44. The van der Waals surface area contributed by atoms with E-state index in [0.717, 1.165) is 34.7 Å². The molecule has 1 aliphatic heterocycles. The SMILES string of the molecule is CCc1ccc(N=C2NC(=O)/C(=C\c3cc(C)n(-c4ccc([N+](=O)[O-])cc4)c3C)S2)cc1. The topological polar surface area (TPSA) is 89.5 Å². The maximum absolute atomic E-state index is 12.5. The van der Waals surface area contributed by atoms with Gasteiger partial charge in [-0.15, -0.1) is 0 Å². The normalized spacial score (nSPS) is 16.0. The molecule has 0 atom stereocenters. The highest BCUT2D eigenvalue weighted by Crippen LogP contribution is 2.31. The molecule has 2 heterocycles. The minimum absolute atomic E-state index is 0.0498. The molecule has 32 heavy (non-hydrogen) atoms. The van der Waals surface area contributed by atoms with Crippen molar-refractivity contribution in [1.29, 1.82) is 0 Å². The van der Waals surface area contributed by atoms with Gasteiger partial charge in [0.1, 0.15) is 0 Å². The molecule has 1 aliphatic rings. The Labute approximate surface area is 190 Å². The van der Waals surface area contributed by atoms with Gasteiger partial charge in [-0.25, -0.2) is 4.99 Å². The monoisotopic (exact) mass is 446 g/mol. The van der Waals surface area contributed by atoms with Gasteiger partial charge in [-0.2, -0.15) is 0 Å². The smallest absolute Gasteiger partial charge is 0.269 e. The highest BCUT2D eigenvalue weighted by atomic mass is 32.2. The van der Waals surface area contributed by atoms with Crippen molar-refractivity contribution in [3.8, 4) is 5.69 Å². The van der Waals surface area contributed by atoms with Crippen LogP contribution in [-0.4, -0.2) is 20.6 Å². The average molecular weight is 447 g/mol. The maximum atomic E-state index is 12.5. The Morgan fingerprint density at radius 3 is 2.44 bits per heavy atom. The Kier molecular flexibility index (Phi) is 5.96. The van der Waals surface area contributed by atoms with Crippen molar-refractivity contribution in [3.05, 3.63) is 92.1 Å². The van der Waals surface area contributed by atoms with Crippen molar-refractivity contribution in [2.24, 2.45) is 4.99 Å². The van der Waals surface area contributed by atoms with Gasteiger partial charge in [0, 0.05) is 29.2 Å². The van der Waals surface area contributed by atoms with Crippen LogP contribution in [0.15, 0.2) is 64.5 Å². The first kappa shape index (κ1) is 21.6. The molecule has 0 unspecified atom stereocenters. The van der Waals surface area contributed by atoms with Crippen LogP contribution in [0.25, 0.3) is 11.8 Å². The summed E-state index contributed by atoms with van der Waals surface area (Å²) in [5.74, 6) is -0.181. The Hall–Kier alpha value is -3.65. The van der Waals surface area contributed by atoms with Gasteiger partial charge in [0.15, 0.2) is 5.17 Å². The van der Waals surface area contributed by atoms with Crippen molar-refractivity contribution in [1.82, 2.24) is 9.88 Å². The Balaban J connectivity index is 1.60. The van der Waals surface area contributed by atoms with Crippen LogP contribution >= 0.6 is 11.8 Å². The maximum Gasteiger partial charge on any atom is 0.269 e. The van der Waals surface area contributed by atoms with E-state index in [1.54, 1.807) is 12.1 Å². The van der Waals surface area contributed by atoms with E-state index in [9.17, 15) is 14.9 Å². The van der Waals surface area contributed by atoms with E-state index in [1.807, 2.05) is 54.8 Å². The molecule has 1 aromatic heterocycles. The number of non-ortho nitro benzene ring substituents is 1. The number of hydrogen-bond acceptors (Lipinski definition) is 5. The molecular weight excluding hydrogens is 424 g/mol. The summed E-state index contributed by atoms with van der Waals surface area (Å²) in [6.07, 6.45) is 2.82. The van der Waals surface area contributed by atoms with Crippen LogP contribution in [0.5, 0.6) is 0 Å². The van der Waals surface area contributed by atoms with E-state index in [4.69, 9.17) is 0 Å². The van der Waals surface area contributed by atoms with Gasteiger partial charge >= 0.3 is 0 Å². The predicted octanol–water partition coefficient (Wildman–Crippen LogP) is 5.46. The van der Waals surface area contributed by atoms with Crippen molar-refractivity contribution in [2.75, 3.05) is 0 Å². The van der Waals surface area contributed by atoms with Crippen LogP contribution in [0.1, 0.15) is 29.4 Å². The van der Waals surface area contributed by atoms with Crippen molar-refractivity contribution < 1.29 is 9.72 Å². The predicted molar refractivity (Wildman–Crippen MR) is 129 cm³/mol. The van der Waals surface area contributed by atoms with Crippen molar-refractivity contribution >= 4 is 40.3 Å². The number of nitrogens with one attached hydrogen (secondary N) is 1. The number of aryl methyl sites for hydroxylation is 2. The second-order valence-corrected chi connectivity index (χ2v) is 8.47. The van der Waals surface area contributed by atoms with Crippen LogP contribution < -0.4 is 5.32 Å². The number of nitrogens with zero attached hydrogens (tertiary/aromatic N) is 3. The van der Waals surface area contributed by atoms with Crippen molar-refractivity contribution in [3.63, 3.8) is 0 Å². The number of carbonyl (C=O) groups is 1. The molecule has 0 spiro atoms. The number of amidine groups is 1. The first-order valence-electron chi connectivity index (χ1n) is 10.2. The van der Waals surface area contributed by atoms with E-state index in [0.29, 0.717) is 10.1 Å². The van der Waals surface area contributed by atoms with E-state index in [2.05, 4.69) is 17.2 Å². The largest absolute Gasteiger partial charge is 0.318 e. The molecule has 4 rings (SSSR count). The number of rotatable bonds is 5. The quantitative estimate of drug-likeness (QED) is 0.320. The summed E-state index contributed by atoms with van der Waals surface area (Å²) in [4.78, 5) is 28.1. The van der Waals surface area contributed by atoms with Crippen LogP contribution in [0.2, 0.25) is 0 Å². The van der Waals surface area contributed by atoms with Gasteiger partial charge in [-0.3, -0.25) is 14.9 Å². The molecule has 7 nitrogen and oxygen atoms in total. The Bertz CT molecular complexity index is 1260. The summed E-state index contributed by atoms with van der Waals surface area (Å²) in [5, 5.41) is 14.3. The number of benzene rings is 2. The number of aliphatic imine (C=N–C) groups is 1. The minimum Gasteiger partial charge on any atom is -0.318 e. The fraction of sp³-hybridized carbons (Fsp3) is 0.167. The van der Waals surface area contributed by atoms with E-state index < -0.39 is 4.92 Å². The van der Waals surface area contributed by atoms with Crippen molar-refractivity contribution in [2.45, 2.75) is 27.2 Å². The van der Waals surface area contributed by atoms with Crippen LogP contribution in [0.4, 0.5) is 11.4 Å². The fourth-order valence-electron chi connectivity index (χ4n) is 3.60. The average Bonchev–Trinajstić information content (AvgIpc) is 3.26. The number of aromatic nitrogens is 1. The number of thioether (sulfide) groups is 1. The van der Waals surface area contributed by atoms with Gasteiger partial charge in [0.05, 0.1) is 15.5 Å². The molecule has 2 aromatic carbocycles. The van der Waals surface area contributed by atoms with Gasteiger partial charge in [0.25, 0.3) is 11.6 Å². The zero-order chi connectivity index (χ0) is 22.8. The molecule has 0 aliphatic carbocycles. The molecule has 0 radical (unpaired) electrons. The van der Waals surface area contributed by atoms with E-state index >= 15 is 0 Å². The first-order chi connectivity index (χ1) is 15.4. The summed E-state index contributed by atoms with van der Waals surface area (Å²) in [6, 6.07) is 16.4. The molecule has 3 aromatic rings. The minimum atomic E-state index is -0.414. The highest BCUT2D eigenvalue weighted by molar-refractivity contribution is 8.18. The third-order valence-corrected chi connectivity index (χ3v) is 6.21. The first-order valence-corrected chi connectivity index (χ1v) is 11.0. The second kappa shape index (κ2) is 8.84. The summed E-state index contributed by atoms with van der Waals surface area (Å²) >= 11 is 1.31. The number of amides is 1. The Morgan fingerprint density at radius 2 is 1.81 bits per heavy atom. The molecule has 0 bridgehead atoms. The molecule has 162 valence electrons. The molecule has 1 N–H and O–H groups in total. The number of nitro benzene ring substituents is 1. The number of nitro groups is 1. The fourth-order valence-corrected chi connectivity index (χ4v) is 4.43. The van der Waals surface area contributed by atoms with Gasteiger partial charge in [-0.1, -0.05) is 19.1 Å². The standard InChI is InChI=1S/C24H22N4O3S/c1-4-17-5-7-19(8-6-17)25-24-26-23(29)22(32-24)14-18-13-15(2)27(16(18)3)20-9-11-21(12-10-20)28(30)31/h5-14H,4H2,1-3H3,(H,25,26,29)/b22-14+. The molecule has 1 fully saturated rings. The third kappa shape index (κ3) is 4.36. The molecule has 1 amide bonds. The number of carbonyl (C=O) groups excluding carboxylic acids is 1. The lowest BCUT2D eigenvalue weighted by atomic mass is 10.2. The van der Waals surface area contributed by atoms with E-state index in [-0.39, 0.29) is 11.6 Å². The third-order valence-electron chi connectivity index (χ3n) is 5.30.